The van der Waals surface area contributed by atoms with Gasteiger partial charge in [-0.15, -0.1) is 0 Å². The van der Waals surface area contributed by atoms with Crippen LogP contribution in [0.25, 0.3) is 0 Å². The van der Waals surface area contributed by atoms with Gasteiger partial charge in [-0.1, -0.05) is 0 Å². The van der Waals surface area contributed by atoms with Gasteiger partial charge >= 0.3 is 5.97 Å². The number of carboxylic acid groups (broad SMARTS) is 1. The van der Waals surface area contributed by atoms with Crippen molar-refractivity contribution in [3.8, 4) is 0 Å². The number of aliphatic carboxylic acids is 1. The van der Waals surface area contributed by atoms with Crippen LogP contribution >= 0.6 is 0 Å². The number of nitrogens with zero attached hydrogens (tertiary/aromatic N) is 2. The number of carbonyl (C=O) groups is 1. The van der Waals surface area contributed by atoms with E-state index in [0.29, 0.717) is 12.8 Å². The number of hydrogen-bond acceptors (Lipinski definition) is 3. The summed E-state index contributed by atoms with van der Waals surface area (Å²) in [6.07, 6.45) is 6.14. The molecule has 1 aliphatic rings. The Hall–Kier alpha value is -1.36. The second-order valence-corrected chi connectivity index (χ2v) is 3.56. The SMILES string of the molecule is O=C(O)C1(n2ccnc2)CCNCC1. The highest BCUT2D eigenvalue weighted by atomic mass is 16.4. The van der Waals surface area contributed by atoms with Crippen molar-refractivity contribution in [3.63, 3.8) is 0 Å². The second kappa shape index (κ2) is 3.42. The standard InChI is InChI=1S/C9H13N3O2/c13-8(14)9(1-3-10-4-2-9)12-6-5-11-7-12/h5-7,10H,1-4H2,(H,13,14). The number of rotatable bonds is 2. The van der Waals surface area contributed by atoms with E-state index in [4.69, 9.17) is 0 Å². The van der Waals surface area contributed by atoms with Gasteiger partial charge in [-0.25, -0.2) is 9.78 Å². The summed E-state index contributed by atoms with van der Waals surface area (Å²) in [4.78, 5) is 15.2. The quantitative estimate of drug-likeness (QED) is 0.699. The van der Waals surface area contributed by atoms with E-state index in [1.54, 1.807) is 23.3 Å². The Kier molecular flexibility index (Phi) is 2.25. The van der Waals surface area contributed by atoms with E-state index in [2.05, 4.69) is 10.3 Å². The highest BCUT2D eigenvalue weighted by molar-refractivity contribution is 5.77. The lowest BCUT2D eigenvalue weighted by molar-refractivity contribution is -0.149. The molecule has 2 heterocycles. The maximum Gasteiger partial charge on any atom is 0.330 e. The van der Waals surface area contributed by atoms with E-state index in [9.17, 15) is 9.90 Å². The van der Waals surface area contributed by atoms with E-state index in [0.717, 1.165) is 13.1 Å². The average molecular weight is 195 g/mol. The molecule has 0 aromatic carbocycles. The third kappa shape index (κ3) is 1.29. The first kappa shape index (κ1) is 9.21. The summed E-state index contributed by atoms with van der Waals surface area (Å²) < 4.78 is 1.70. The maximum atomic E-state index is 11.3. The van der Waals surface area contributed by atoms with Gasteiger partial charge in [0.15, 0.2) is 0 Å². The number of aromatic nitrogens is 2. The monoisotopic (exact) mass is 195 g/mol. The van der Waals surface area contributed by atoms with E-state index in [-0.39, 0.29) is 0 Å². The fraction of sp³-hybridized carbons (Fsp3) is 0.556. The van der Waals surface area contributed by atoms with Gasteiger partial charge in [0.05, 0.1) is 6.33 Å². The van der Waals surface area contributed by atoms with Crippen LogP contribution < -0.4 is 5.32 Å². The number of hydrogen-bond donors (Lipinski definition) is 2. The molecule has 0 radical (unpaired) electrons. The topological polar surface area (TPSA) is 67.1 Å². The molecule has 2 rings (SSSR count). The zero-order chi connectivity index (χ0) is 10.0. The van der Waals surface area contributed by atoms with Crippen molar-refractivity contribution in [1.82, 2.24) is 14.9 Å². The Morgan fingerprint density at radius 3 is 2.71 bits per heavy atom. The van der Waals surface area contributed by atoms with Gasteiger partial charge in [-0.05, 0) is 25.9 Å². The lowest BCUT2D eigenvalue weighted by atomic mass is 9.88. The average Bonchev–Trinajstić information content (AvgIpc) is 2.72. The van der Waals surface area contributed by atoms with E-state index < -0.39 is 11.5 Å². The van der Waals surface area contributed by atoms with Crippen molar-refractivity contribution in [2.24, 2.45) is 0 Å². The van der Waals surface area contributed by atoms with Gasteiger partial charge in [0.2, 0.25) is 0 Å². The lowest BCUT2D eigenvalue weighted by Gasteiger charge is -2.34. The van der Waals surface area contributed by atoms with Crippen LogP contribution in [-0.4, -0.2) is 33.7 Å². The molecule has 0 spiro atoms. The Morgan fingerprint density at radius 2 is 2.21 bits per heavy atom. The molecule has 0 unspecified atom stereocenters. The van der Waals surface area contributed by atoms with Crippen LogP contribution in [0.3, 0.4) is 0 Å². The van der Waals surface area contributed by atoms with E-state index in [1.165, 1.54) is 0 Å². The molecule has 0 atom stereocenters. The highest BCUT2D eigenvalue weighted by Crippen LogP contribution is 2.27. The second-order valence-electron chi connectivity index (χ2n) is 3.56. The van der Waals surface area contributed by atoms with Gasteiger partial charge < -0.3 is 15.0 Å². The molecule has 0 bridgehead atoms. The lowest BCUT2D eigenvalue weighted by Crippen LogP contribution is -2.49. The first-order chi connectivity index (χ1) is 6.76. The fourth-order valence-electron chi connectivity index (χ4n) is 1.94. The summed E-state index contributed by atoms with van der Waals surface area (Å²) in [5.41, 5.74) is -0.790. The van der Waals surface area contributed by atoms with Crippen molar-refractivity contribution < 1.29 is 9.90 Å². The van der Waals surface area contributed by atoms with Crippen LogP contribution in [0, 0.1) is 0 Å². The molecule has 1 aromatic heterocycles. The molecule has 0 saturated carbocycles. The fourth-order valence-corrected chi connectivity index (χ4v) is 1.94. The largest absolute Gasteiger partial charge is 0.479 e. The van der Waals surface area contributed by atoms with Crippen LogP contribution in [0.15, 0.2) is 18.7 Å². The van der Waals surface area contributed by atoms with E-state index >= 15 is 0 Å². The van der Waals surface area contributed by atoms with Crippen LogP contribution in [0.1, 0.15) is 12.8 Å². The first-order valence-electron chi connectivity index (χ1n) is 4.68. The Bertz CT molecular complexity index is 315. The Morgan fingerprint density at radius 1 is 1.50 bits per heavy atom. The summed E-state index contributed by atoms with van der Waals surface area (Å²) >= 11 is 0. The molecular weight excluding hydrogens is 182 g/mol. The van der Waals surface area contributed by atoms with Crippen LogP contribution in [0.5, 0.6) is 0 Å². The molecule has 0 amide bonds. The predicted molar refractivity (Wildman–Crippen MR) is 49.9 cm³/mol. The molecule has 14 heavy (non-hydrogen) atoms. The highest BCUT2D eigenvalue weighted by Gasteiger charge is 2.40. The van der Waals surface area contributed by atoms with Crippen molar-refractivity contribution in [1.29, 1.82) is 0 Å². The smallest absolute Gasteiger partial charge is 0.330 e. The summed E-state index contributed by atoms with van der Waals surface area (Å²) in [5.74, 6) is -0.767. The number of nitrogens with one attached hydrogen (secondary N) is 1. The van der Waals surface area contributed by atoms with Crippen molar-refractivity contribution in [2.75, 3.05) is 13.1 Å². The Balaban J connectivity index is 2.35. The van der Waals surface area contributed by atoms with E-state index in [1.807, 2.05) is 0 Å². The Labute approximate surface area is 81.8 Å². The molecule has 1 fully saturated rings. The van der Waals surface area contributed by atoms with Gasteiger partial charge in [0.1, 0.15) is 5.54 Å². The number of imidazole rings is 1. The summed E-state index contributed by atoms with van der Waals surface area (Å²) in [6, 6.07) is 0. The van der Waals surface area contributed by atoms with Gasteiger partial charge in [0, 0.05) is 12.4 Å². The number of carboxylic acids is 1. The summed E-state index contributed by atoms with van der Waals surface area (Å²) in [6.45, 7) is 1.48. The van der Waals surface area contributed by atoms with Crippen molar-refractivity contribution in [3.05, 3.63) is 18.7 Å². The molecule has 5 heteroatoms. The third-order valence-electron chi connectivity index (χ3n) is 2.83. The molecular formula is C9H13N3O2. The summed E-state index contributed by atoms with van der Waals surface area (Å²) in [5, 5.41) is 12.4. The zero-order valence-corrected chi connectivity index (χ0v) is 7.81. The van der Waals surface area contributed by atoms with Crippen molar-refractivity contribution >= 4 is 5.97 Å². The molecule has 5 nitrogen and oxygen atoms in total. The molecule has 1 aliphatic heterocycles. The molecule has 0 aliphatic carbocycles. The third-order valence-corrected chi connectivity index (χ3v) is 2.83. The molecule has 2 N–H and O–H groups in total. The zero-order valence-electron chi connectivity index (χ0n) is 7.81. The van der Waals surface area contributed by atoms with Gasteiger partial charge in [-0.3, -0.25) is 0 Å². The number of piperidine rings is 1. The minimum atomic E-state index is -0.790. The first-order valence-corrected chi connectivity index (χ1v) is 4.68. The van der Waals surface area contributed by atoms with Crippen LogP contribution in [0.4, 0.5) is 0 Å². The predicted octanol–water partition coefficient (Wildman–Crippen LogP) is 0.0464. The molecule has 1 saturated heterocycles. The summed E-state index contributed by atoms with van der Waals surface area (Å²) in [7, 11) is 0. The maximum absolute atomic E-state index is 11.3. The van der Waals surface area contributed by atoms with Gasteiger partial charge in [0.25, 0.3) is 0 Å². The van der Waals surface area contributed by atoms with Crippen LogP contribution in [0.2, 0.25) is 0 Å². The minimum absolute atomic E-state index is 0.610. The van der Waals surface area contributed by atoms with Gasteiger partial charge in [-0.2, -0.15) is 0 Å². The van der Waals surface area contributed by atoms with Crippen LogP contribution in [-0.2, 0) is 10.3 Å². The minimum Gasteiger partial charge on any atom is -0.479 e. The molecule has 1 aromatic rings. The van der Waals surface area contributed by atoms with Crippen molar-refractivity contribution in [2.45, 2.75) is 18.4 Å². The molecule has 76 valence electrons. The normalized spacial score (nSPS) is 20.6.